The second kappa shape index (κ2) is 8.20. The molecule has 9 heteroatoms. The predicted molar refractivity (Wildman–Crippen MR) is 104 cm³/mol. The summed E-state index contributed by atoms with van der Waals surface area (Å²) in [7, 11) is 0. The third-order valence-electron chi connectivity index (χ3n) is 3.70. The lowest BCUT2D eigenvalue weighted by Crippen LogP contribution is -2.35. The summed E-state index contributed by atoms with van der Waals surface area (Å²) in [4.78, 5) is 35.9. The molecule has 0 radical (unpaired) electrons. The van der Waals surface area contributed by atoms with E-state index in [0.29, 0.717) is 26.6 Å². The summed E-state index contributed by atoms with van der Waals surface area (Å²) in [5, 5.41) is 10.3. The number of nitrogens with zero attached hydrogens (tertiary/aromatic N) is 2. The van der Waals surface area contributed by atoms with Gasteiger partial charge < -0.3 is 10.6 Å². The van der Waals surface area contributed by atoms with Gasteiger partial charge in [0, 0.05) is 10.4 Å². The number of benzene rings is 2. The molecule has 2 amide bonds. The van der Waals surface area contributed by atoms with Gasteiger partial charge in [-0.15, -0.1) is 0 Å². The lowest BCUT2D eigenvalue weighted by molar-refractivity contribution is -0.124. The van der Waals surface area contributed by atoms with Crippen LogP contribution in [0, 0.1) is 0 Å². The van der Waals surface area contributed by atoms with E-state index in [-0.39, 0.29) is 18.5 Å². The van der Waals surface area contributed by atoms with Crippen molar-refractivity contribution in [2.45, 2.75) is 6.54 Å². The minimum atomic E-state index is -0.453. The van der Waals surface area contributed by atoms with Gasteiger partial charge in [0.05, 0.1) is 29.0 Å². The van der Waals surface area contributed by atoms with Crippen LogP contribution in [0.3, 0.4) is 0 Å². The Morgan fingerprint density at radius 1 is 1.07 bits per heavy atom. The quantitative estimate of drug-likeness (QED) is 0.682. The molecule has 0 fully saturated rings. The van der Waals surface area contributed by atoms with Gasteiger partial charge in [-0.05, 0) is 30.3 Å². The lowest BCUT2D eigenvalue weighted by atomic mass is 10.2. The second-order valence-electron chi connectivity index (χ2n) is 5.63. The third kappa shape index (κ3) is 4.64. The number of hydrogen-bond acceptors (Lipinski definition) is 4. The SMILES string of the molecule is O=C(Cn1ncc(=O)c2ccccc21)NCC(=O)Nc1cc(Cl)ccc1Cl. The normalized spacial score (nSPS) is 10.6. The van der Waals surface area contributed by atoms with Gasteiger partial charge in [-0.1, -0.05) is 35.3 Å². The van der Waals surface area contributed by atoms with Gasteiger partial charge in [0.1, 0.15) is 6.54 Å². The summed E-state index contributed by atoms with van der Waals surface area (Å²) in [6, 6.07) is 11.5. The zero-order chi connectivity index (χ0) is 19.4. The molecule has 3 aromatic rings. The van der Waals surface area contributed by atoms with E-state index in [1.165, 1.54) is 10.7 Å². The highest BCUT2D eigenvalue weighted by molar-refractivity contribution is 6.35. The number of hydrogen-bond donors (Lipinski definition) is 2. The Morgan fingerprint density at radius 2 is 1.85 bits per heavy atom. The van der Waals surface area contributed by atoms with E-state index in [4.69, 9.17) is 23.2 Å². The molecule has 0 saturated carbocycles. The fourth-order valence-corrected chi connectivity index (χ4v) is 2.78. The molecule has 2 N–H and O–H groups in total. The van der Waals surface area contributed by atoms with Crippen molar-refractivity contribution in [3.63, 3.8) is 0 Å². The highest BCUT2D eigenvalue weighted by Gasteiger charge is 2.11. The van der Waals surface area contributed by atoms with E-state index in [1.807, 2.05) is 0 Å². The standard InChI is InChI=1S/C18H14Cl2N4O3/c19-11-5-6-13(20)14(7-11)23-17(26)9-21-18(27)10-24-15-4-2-1-3-12(15)16(25)8-22-24/h1-8H,9-10H2,(H,21,27)(H,23,26). The Bertz CT molecular complexity index is 1080. The first-order valence-corrected chi connectivity index (χ1v) is 8.66. The van der Waals surface area contributed by atoms with Crippen molar-refractivity contribution in [2.75, 3.05) is 11.9 Å². The Kier molecular flexibility index (Phi) is 5.73. The third-order valence-corrected chi connectivity index (χ3v) is 4.27. The van der Waals surface area contributed by atoms with E-state index in [2.05, 4.69) is 15.7 Å². The molecule has 1 aromatic heterocycles. The molecule has 0 aliphatic carbocycles. The maximum atomic E-state index is 12.1. The van der Waals surface area contributed by atoms with Crippen LogP contribution >= 0.6 is 23.2 Å². The highest BCUT2D eigenvalue weighted by atomic mass is 35.5. The summed E-state index contributed by atoms with van der Waals surface area (Å²) < 4.78 is 1.40. The van der Waals surface area contributed by atoms with E-state index < -0.39 is 11.8 Å². The maximum Gasteiger partial charge on any atom is 0.243 e. The number of halogens is 2. The Balaban J connectivity index is 1.62. The number of aromatic nitrogens is 2. The van der Waals surface area contributed by atoms with Crippen LogP contribution in [0.1, 0.15) is 0 Å². The molecular formula is C18H14Cl2N4O3. The second-order valence-corrected chi connectivity index (χ2v) is 6.48. The Morgan fingerprint density at radius 3 is 2.67 bits per heavy atom. The topological polar surface area (TPSA) is 93.1 Å². The molecule has 0 unspecified atom stereocenters. The molecule has 0 bridgehead atoms. The number of rotatable bonds is 5. The van der Waals surface area contributed by atoms with Crippen molar-refractivity contribution in [3.05, 3.63) is 68.9 Å². The van der Waals surface area contributed by atoms with Gasteiger partial charge >= 0.3 is 0 Å². The highest BCUT2D eigenvalue weighted by Crippen LogP contribution is 2.25. The zero-order valence-corrected chi connectivity index (χ0v) is 15.4. The summed E-state index contributed by atoms with van der Waals surface area (Å²) in [5.41, 5.74) is 0.673. The van der Waals surface area contributed by atoms with Crippen LogP contribution in [0.5, 0.6) is 0 Å². The molecule has 2 aromatic carbocycles. The van der Waals surface area contributed by atoms with Gasteiger partial charge in [-0.3, -0.25) is 19.1 Å². The number of carbonyl (C=O) groups is 2. The number of anilines is 1. The van der Waals surface area contributed by atoms with E-state index >= 15 is 0 Å². The molecule has 7 nitrogen and oxygen atoms in total. The van der Waals surface area contributed by atoms with Crippen LogP contribution in [0.25, 0.3) is 10.9 Å². The average Bonchev–Trinajstić information content (AvgIpc) is 2.65. The lowest BCUT2D eigenvalue weighted by Gasteiger charge is -2.11. The molecule has 27 heavy (non-hydrogen) atoms. The summed E-state index contributed by atoms with van der Waals surface area (Å²) in [6.45, 7) is -0.383. The predicted octanol–water partition coefficient (Wildman–Crippen LogP) is 2.46. The van der Waals surface area contributed by atoms with Crippen molar-refractivity contribution < 1.29 is 9.59 Å². The number of nitrogens with one attached hydrogen (secondary N) is 2. The summed E-state index contributed by atoms with van der Waals surface area (Å²) in [5.74, 6) is -0.881. The van der Waals surface area contributed by atoms with Crippen LogP contribution in [0.4, 0.5) is 5.69 Å². The molecule has 0 spiro atoms. The van der Waals surface area contributed by atoms with Crippen molar-refractivity contribution in [2.24, 2.45) is 0 Å². The molecule has 0 saturated heterocycles. The molecule has 0 aliphatic rings. The van der Waals surface area contributed by atoms with E-state index in [1.54, 1.807) is 36.4 Å². The van der Waals surface area contributed by atoms with E-state index in [9.17, 15) is 14.4 Å². The maximum absolute atomic E-state index is 12.1. The number of carbonyl (C=O) groups excluding carboxylic acids is 2. The van der Waals surface area contributed by atoms with E-state index in [0.717, 1.165) is 6.20 Å². The molecular weight excluding hydrogens is 391 g/mol. The van der Waals surface area contributed by atoms with Crippen LogP contribution in [0.15, 0.2) is 53.5 Å². The van der Waals surface area contributed by atoms with Gasteiger partial charge in [0.25, 0.3) is 0 Å². The molecule has 138 valence electrons. The van der Waals surface area contributed by atoms with Crippen molar-refractivity contribution in [1.82, 2.24) is 15.1 Å². The van der Waals surface area contributed by atoms with Gasteiger partial charge in [-0.2, -0.15) is 5.10 Å². The van der Waals surface area contributed by atoms with Crippen molar-refractivity contribution in [3.8, 4) is 0 Å². The first kappa shape index (κ1) is 18.9. The van der Waals surface area contributed by atoms with Crippen LogP contribution < -0.4 is 16.1 Å². The Labute approximate surface area is 163 Å². The van der Waals surface area contributed by atoms with Crippen molar-refractivity contribution >= 4 is 51.6 Å². The average molecular weight is 405 g/mol. The summed E-state index contributed by atoms with van der Waals surface area (Å²) >= 11 is 11.8. The van der Waals surface area contributed by atoms with Crippen LogP contribution in [0.2, 0.25) is 10.0 Å². The molecule has 3 rings (SSSR count). The monoisotopic (exact) mass is 404 g/mol. The fourth-order valence-electron chi connectivity index (χ4n) is 2.45. The first-order chi connectivity index (χ1) is 12.9. The number of amides is 2. The largest absolute Gasteiger partial charge is 0.345 e. The Hall–Kier alpha value is -2.90. The minimum Gasteiger partial charge on any atom is -0.345 e. The minimum absolute atomic E-state index is 0.133. The van der Waals surface area contributed by atoms with Gasteiger partial charge in [0.15, 0.2) is 0 Å². The fraction of sp³-hybridized carbons (Fsp3) is 0.111. The van der Waals surface area contributed by atoms with Crippen LogP contribution in [-0.2, 0) is 16.1 Å². The first-order valence-electron chi connectivity index (χ1n) is 7.90. The smallest absolute Gasteiger partial charge is 0.243 e. The molecule has 1 heterocycles. The van der Waals surface area contributed by atoms with Gasteiger partial charge in [0.2, 0.25) is 17.2 Å². The summed E-state index contributed by atoms with van der Waals surface area (Å²) in [6.07, 6.45) is 1.16. The molecule has 0 atom stereocenters. The molecule has 0 aliphatic heterocycles. The van der Waals surface area contributed by atoms with Gasteiger partial charge in [-0.25, -0.2) is 0 Å². The number of para-hydroxylation sites is 1. The van der Waals surface area contributed by atoms with Crippen LogP contribution in [-0.4, -0.2) is 28.1 Å². The number of fused-ring (bicyclic) bond motifs is 1. The van der Waals surface area contributed by atoms with Crippen molar-refractivity contribution in [1.29, 1.82) is 0 Å². The zero-order valence-electron chi connectivity index (χ0n) is 13.9.